The summed E-state index contributed by atoms with van der Waals surface area (Å²) in [5.74, 6) is -6.95. The zero-order valence-corrected chi connectivity index (χ0v) is 25.3. The Balaban J connectivity index is 1.60. The van der Waals surface area contributed by atoms with Gasteiger partial charge >= 0.3 is 11.9 Å². The van der Waals surface area contributed by atoms with Gasteiger partial charge in [0.25, 0.3) is 0 Å². The van der Waals surface area contributed by atoms with Crippen molar-refractivity contribution >= 4 is 39.4 Å². The van der Waals surface area contributed by atoms with E-state index < -0.39 is 64.6 Å². The van der Waals surface area contributed by atoms with Crippen molar-refractivity contribution in [3.63, 3.8) is 0 Å². The van der Waals surface area contributed by atoms with E-state index in [4.69, 9.17) is 9.47 Å². The van der Waals surface area contributed by atoms with Gasteiger partial charge in [-0.1, -0.05) is 70.5 Å². The SMILES string of the molecule is COC(=O)[C@]1(C)N[C@H](c2ccc(Br)cc2)[C@@H]2C(=O)[C@@H]3[C@H](C(=O)[C@@H]21)[C@H](c1ccc(F)cc1)N[C@@]3(C(=O)OC)c1ccccc1. The minimum absolute atomic E-state index is 0.353. The number of fused-ring (bicyclic) bond motifs is 2. The molecule has 2 aliphatic heterocycles. The molecule has 0 bridgehead atoms. The lowest BCUT2D eigenvalue weighted by Gasteiger charge is -2.42. The zero-order chi connectivity index (χ0) is 30.7. The first-order valence-electron chi connectivity index (χ1n) is 13.9. The molecular formula is C33H30BrFN2O6. The number of esters is 2. The lowest BCUT2D eigenvalue weighted by atomic mass is 9.57. The molecule has 3 aromatic rings. The number of benzene rings is 3. The summed E-state index contributed by atoms with van der Waals surface area (Å²) in [4.78, 5) is 57.3. The molecular weight excluding hydrogens is 619 g/mol. The number of rotatable bonds is 5. The summed E-state index contributed by atoms with van der Waals surface area (Å²) in [5.41, 5.74) is -1.58. The van der Waals surface area contributed by atoms with Gasteiger partial charge in [0.2, 0.25) is 0 Å². The highest BCUT2D eigenvalue weighted by Crippen LogP contribution is 2.59. The van der Waals surface area contributed by atoms with E-state index in [2.05, 4.69) is 26.6 Å². The number of hydrogen-bond donors (Lipinski definition) is 2. The third-order valence-electron chi connectivity index (χ3n) is 9.44. The number of ketones is 2. The van der Waals surface area contributed by atoms with E-state index in [1.165, 1.54) is 38.5 Å². The van der Waals surface area contributed by atoms with Crippen molar-refractivity contribution < 1.29 is 33.0 Å². The highest BCUT2D eigenvalue weighted by Gasteiger charge is 2.74. The minimum Gasteiger partial charge on any atom is -0.468 e. The molecule has 2 saturated heterocycles. The van der Waals surface area contributed by atoms with Crippen LogP contribution >= 0.6 is 15.9 Å². The maximum atomic E-state index is 15.1. The van der Waals surface area contributed by atoms with Crippen molar-refractivity contribution in [2.24, 2.45) is 23.7 Å². The standard InChI is InChI=1S/C33H30BrFN2O6/c1-32(30(40)42-2)24-22(26(36-32)17-9-13-20(34)14-10-17)29(39)25-23(28(24)38)27(18-11-15-21(35)16-12-18)37-33(25,31(41)43-3)19-7-5-4-6-8-19/h4-16,22-27,36-37H,1-3H3/t22-,23+,24-,25+,26-,27+,32-,33+/m1/s1. The molecule has 10 heteroatoms. The van der Waals surface area contributed by atoms with Crippen LogP contribution in [0, 0.1) is 29.5 Å². The predicted molar refractivity (Wildman–Crippen MR) is 157 cm³/mol. The first kappa shape index (κ1) is 29.3. The van der Waals surface area contributed by atoms with Gasteiger partial charge in [-0.15, -0.1) is 0 Å². The van der Waals surface area contributed by atoms with Gasteiger partial charge in [0, 0.05) is 22.5 Å². The molecule has 0 radical (unpaired) electrons. The van der Waals surface area contributed by atoms with Crippen molar-refractivity contribution in [2.75, 3.05) is 14.2 Å². The summed E-state index contributed by atoms with van der Waals surface area (Å²) in [6, 6.07) is 20.0. The number of Topliss-reactive ketones (excluding diaryl/α,β-unsaturated/α-hetero) is 2. The van der Waals surface area contributed by atoms with E-state index in [-0.39, 0.29) is 11.6 Å². The van der Waals surface area contributed by atoms with Crippen molar-refractivity contribution in [1.29, 1.82) is 0 Å². The molecule has 0 amide bonds. The fourth-order valence-electron chi connectivity index (χ4n) is 7.61. The van der Waals surface area contributed by atoms with E-state index in [0.717, 1.165) is 4.47 Å². The average Bonchev–Trinajstić information content (AvgIpc) is 3.56. The Kier molecular flexibility index (Phi) is 7.35. The second kappa shape index (κ2) is 10.8. The van der Waals surface area contributed by atoms with E-state index >= 15 is 4.79 Å². The molecule has 3 fully saturated rings. The summed E-state index contributed by atoms with van der Waals surface area (Å²) in [6.45, 7) is 1.58. The van der Waals surface area contributed by atoms with Crippen molar-refractivity contribution in [1.82, 2.24) is 10.6 Å². The highest BCUT2D eigenvalue weighted by atomic mass is 79.9. The molecule has 8 nitrogen and oxygen atoms in total. The van der Waals surface area contributed by atoms with Crippen LogP contribution in [0.3, 0.4) is 0 Å². The second-order valence-corrected chi connectivity index (χ2v) is 12.4. The topological polar surface area (TPSA) is 111 Å². The summed E-state index contributed by atoms with van der Waals surface area (Å²) >= 11 is 3.44. The van der Waals surface area contributed by atoms with Crippen LogP contribution in [0.1, 0.15) is 35.7 Å². The van der Waals surface area contributed by atoms with E-state index in [0.29, 0.717) is 16.7 Å². The molecule has 3 aromatic carbocycles. The molecule has 8 atom stereocenters. The molecule has 0 aromatic heterocycles. The first-order valence-corrected chi connectivity index (χ1v) is 14.7. The average molecular weight is 650 g/mol. The highest BCUT2D eigenvalue weighted by molar-refractivity contribution is 9.10. The molecule has 2 N–H and O–H groups in total. The van der Waals surface area contributed by atoms with Crippen LogP contribution in [-0.4, -0.2) is 43.3 Å². The van der Waals surface area contributed by atoms with Crippen LogP contribution in [0.25, 0.3) is 0 Å². The van der Waals surface area contributed by atoms with E-state index in [1.54, 1.807) is 37.3 Å². The number of carbonyl (C=O) groups excluding carboxylic acids is 4. The van der Waals surface area contributed by atoms with Crippen molar-refractivity contribution in [3.8, 4) is 0 Å². The largest absolute Gasteiger partial charge is 0.468 e. The summed E-state index contributed by atoms with van der Waals surface area (Å²) in [6.07, 6.45) is 0. The smallest absolute Gasteiger partial charge is 0.331 e. The van der Waals surface area contributed by atoms with Crippen LogP contribution in [0.4, 0.5) is 4.39 Å². The maximum absolute atomic E-state index is 15.1. The lowest BCUT2D eigenvalue weighted by molar-refractivity contribution is -0.161. The van der Waals surface area contributed by atoms with Crippen LogP contribution in [-0.2, 0) is 34.2 Å². The Bertz CT molecular complexity index is 1600. The third-order valence-corrected chi connectivity index (χ3v) is 9.97. The number of carbonyl (C=O) groups is 4. The van der Waals surface area contributed by atoms with Gasteiger partial charge in [0.1, 0.15) is 22.9 Å². The molecule has 0 unspecified atom stereocenters. The van der Waals surface area contributed by atoms with Crippen LogP contribution in [0.15, 0.2) is 83.3 Å². The maximum Gasteiger partial charge on any atom is 0.331 e. The van der Waals surface area contributed by atoms with Gasteiger partial charge in [-0.25, -0.2) is 9.18 Å². The van der Waals surface area contributed by atoms with E-state index in [9.17, 15) is 18.8 Å². The number of hydrogen-bond acceptors (Lipinski definition) is 8. The minimum atomic E-state index is -1.73. The van der Waals surface area contributed by atoms with Crippen LogP contribution in [0.2, 0.25) is 0 Å². The first-order chi connectivity index (χ1) is 20.6. The zero-order valence-electron chi connectivity index (χ0n) is 23.7. The van der Waals surface area contributed by atoms with Gasteiger partial charge in [0.05, 0.1) is 32.0 Å². The summed E-state index contributed by atoms with van der Waals surface area (Å²) in [5, 5.41) is 6.65. The molecule has 3 aliphatic rings. The Morgan fingerprint density at radius 3 is 1.84 bits per heavy atom. The molecule has 6 rings (SSSR count). The van der Waals surface area contributed by atoms with Crippen LogP contribution < -0.4 is 10.6 Å². The molecule has 222 valence electrons. The fraction of sp³-hybridized carbons (Fsp3) is 0.333. The fourth-order valence-corrected chi connectivity index (χ4v) is 7.88. The van der Waals surface area contributed by atoms with Crippen molar-refractivity contribution in [2.45, 2.75) is 30.1 Å². The van der Waals surface area contributed by atoms with Gasteiger partial charge in [-0.2, -0.15) is 0 Å². The molecule has 0 spiro atoms. The van der Waals surface area contributed by atoms with Crippen LogP contribution in [0.5, 0.6) is 0 Å². The number of nitrogens with one attached hydrogen (secondary N) is 2. The Morgan fingerprint density at radius 1 is 0.744 bits per heavy atom. The van der Waals surface area contributed by atoms with Gasteiger partial charge in [0.15, 0.2) is 5.54 Å². The van der Waals surface area contributed by atoms with Gasteiger partial charge in [-0.3, -0.25) is 25.0 Å². The lowest BCUT2D eigenvalue weighted by Crippen LogP contribution is -2.60. The summed E-state index contributed by atoms with van der Waals surface area (Å²) < 4.78 is 25.3. The predicted octanol–water partition coefficient (Wildman–Crippen LogP) is 4.19. The molecule has 43 heavy (non-hydrogen) atoms. The number of halogens is 2. The Labute approximate surface area is 256 Å². The van der Waals surface area contributed by atoms with E-state index in [1.807, 2.05) is 24.3 Å². The quantitative estimate of drug-likeness (QED) is 0.396. The Hall–Kier alpha value is -3.73. The molecule has 2 heterocycles. The summed E-state index contributed by atoms with van der Waals surface area (Å²) in [7, 11) is 2.48. The molecule has 1 aliphatic carbocycles. The normalized spacial score (nSPS) is 33.0. The number of ether oxygens (including phenoxy) is 2. The van der Waals surface area contributed by atoms with Crippen molar-refractivity contribution in [3.05, 3.63) is 106 Å². The second-order valence-electron chi connectivity index (χ2n) is 11.5. The Morgan fingerprint density at radius 2 is 1.26 bits per heavy atom. The molecule has 1 saturated carbocycles. The van der Waals surface area contributed by atoms with Gasteiger partial charge < -0.3 is 9.47 Å². The number of methoxy groups -OCH3 is 2. The monoisotopic (exact) mass is 648 g/mol. The van der Waals surface area contributed by atoms with Gasteiger partial charge in [-0.05, 0) is 47.9 Å². The third kappa shape index (κ3) is 4.29.